The topological polar surface area (TPSA) is 12.0 Å². The van der Waals surface area contributed by atoms with Crippen LogP contribution >= 0.6 is 15.9 Å². The normalized spacial score (nSPS) is 13.0. The molecule has 3 heteroatoms. The lowest BCUT2D eigenvalue weighted by molar-refractivity contribution is 0.352. The third-order valence-corrected chi connectivity index (χ3v) is 3.94. The van der Waals surface area contributed by atoms with E-state index < -0.39 is 0 Å². The number of anilines is 1. The Labute approximate surface area is 134 Å². The van der Waals surface area contributed by atoms with E-state index in [4.69, 9.17) is 0 Å². The van der Waals surface area contributed by atoms with Crippen molar-refractivity contribution in [3.05, 3.63) is 64.4 Å². The van der Waals surface area contributed by atoms with Crippen LogP contribution in [0, 0.1) is 11.2 Å². The van der Waals surface area contributed by atoms with Gasteiger partial charge in [-0.05, 0) is 51.5 Å². The molecule has 2 aromatic carbocycles. The molecule has 0 amide bonds. The summed E-state index contributed by atoms with van der Waals surface area (Å²) in [6, 6.07) is 15.3. The van der Waals surface area contributed by atoms with E-state index in [9.17, 15) is 4.39 Å². The minimum absolute atomic E-state index is 0.188. The molecule has 1 unspecified atom stereocenters. The lowest BCUT2D eigenvalue weighted by Crippen LogP contribution is -2.18. The van der Waals surface area contributed by atoms with Gasteiger partial charge in [0.2, 0.25) is 0 Å². The standard InChI is InChI=1S/C18H21BrFN/c1-18(2,3)12-17(13-7-5-4-6-8-13)21-16-10-9-14(20)11-15(16)19/h4-11,17,21H,12H2,1-3H3. The van der Waals surface area contributed by atoms with Crippen molar-refractivity contribution in [1.29, 1.82) is 0 Å². The summed E-state index contributed by atoms with van der Waals surface area (Å²) in [4.78, 5) is 0. The van der Waals surface area contributed by atoms with Crippen molar-refractivity contribution < 1.29 is 4.39 Å². The number of hydrogen-bond acceptors (Lipinski definition) is 1. The van der Waals surface area contributed by atoms with E-state index in [1.54, 1.807) is 6.07 Å². The Kier molecular flexibility index (Phi) is 5.04. The molecule has 0 heterocycles. The van der Waals surface area contributed by atoms with Gasteiger partial charge in [-0.15, -0.1) is 0 Å². The number of hydrogen-bond donors (Lipinski definition) is 1. The highest BCUT2D eigenvalue weighted by Crippen LogP contribution is 2.34. The molecule has 0 spiro atoms. The number of rotatable bonds is 4. The maximum absolute atomic E-state index is 13.2. The van der Waals surface area contributed by atoms with Gasteiger partial charge in [0.15, 0.2) is 0 Å². The van der Waals surface area contributed by atoms with Crippen LogP contribution in [0.15, 0.2) is 53.0 Å². The van der Waals surface area contributed by atoms with Crippen LogP contribution in [-0.4, -0.2) is 0 Å². The van der Waals surface area contributed by atoms with E-state index >= 15 is 0 Å². The first-order valence-corrected chi connectivity index (χ1v) is 7.91. The first-order chi connectivity index (χ1) is 9.85. The Morgan fingerprint density at radius 1 is 1.10 bits per heavy atom. The summed E-state index contributed by atoms with van der Waals surface area (Å²) in [7, 11) is 0. The minimum Gasteiger partial charge on any atom is -0.377 e. The van der Waals surface area contributed by atoms with Gasteiger partial charge < -0.3 is 5.32 Å². The summed E-state index contributed by atoms with van der Waals surface area (Å²) < 4.78 is 14.0. The van der Waals surface area contributed by atoms with Gasteiger partial charge in [-0.3, -0.25) is 0 Å². The van der Waals surface area contributed by atoms with Crippen molar-refractivity contribution in [1.82, 2.24) is 0 Å². The van der Waals surface area contributed by atoms with E-state index in [0.717, 1.165) is 16.6 Å². The van der Waals surface area contributed by atoms with Crippen LogP contribution < -0.4 is 5.32 Å². The van der Waals surface area contributed by atoms with E-state index in [1.807, 2.05) is 18.2 Å². The number of benzene rings is 2. The van der Waals surface area contributed by atoms with Crippen molar-refractivity contribution in [3.8, 4) is 0 Å². The Morgan fingerprint density at radius 2 is 1.76 bits per heavy atom. The molecule has 112 valence electrons. The van der Waals surface area contributed by atoms with Gasteiger partial charge in [0.05, 0.1) is 6.04 Å². The molecule has 1 nitrogen and oxygen atoms in total. The number of halogens is 2. The van der Waals surface area contributed by atoms with Crippen molar-refractivity contribution in [3.63, 3.8) is 0 Å². The molecule has 0 bridgehead atoms. The molecule has 0 aliphatic rings. The zero-order valence-corrected chi connectivity index (χ0v) is 14.2. The van der Waals surface area contributed by atoms with E-state index in [1.165, 1.54) is 17.7 Å². The molecule has 1 atom stereocenters. The largest absolute Gasteiger partial charge is 0.377 e. The lowest BCUT2D eigenvalue weighted by atomic mass is 9.85. The van der Waals surface area contributed by atoms with Crippen LogP contribution in [0.5, 0.6) is 0 Å². The quantitative estimate of drug-likeness (QED) is 0.694. The van der Waals surface area contributed by atoms with E-state index in [0.29, 0.717) is 0 Å². The summed E-state index contributed by atoms with van der Waals surface area (Å²) >= 11 is 3.43. The Morgan fingerprint density at radius 3 is 2.33 bits per heavy atom. The van der Waals surface area contributed by atoms with Crippen molar-refractivity contribution in [2.24, 2.45) is 5.41 Å². The lowest BCUT2D eigenvalue weighted by Gasteiger charge is -2.28. The first kappa shape index (κ1) is 16.0. The molecule has 0 saturated carbocycles. The molecule has 0 fully saturated rings. The van der Waals surface area contributed by atoms with Gasteiger partial charge in [0, 0.05) is 10.2 Å². The van der Waals surface area contributed by atoms with Crippen LogP contribution in [0.1, 0.15) is 38.8 Å². The van der Waals surface area contributed by atoms with Gasteiger partial charge in [0.1, 0.15) is 5.82 Å². The average Bonchev–Trinajstić information content (AvgIpc) is 2.40. The smallest absolute Gasteiger partial charge is 0.124 e. The molecule has 0 aromatic heterocycles. The van der Waals surface area contributed by atoms with E-state index in [-0.39, 0.29) is 17.3 Å². The molecule has 0 radical (unpaired) electrons. The van der Waals surface area contributed by atoms with Gasteiger partial charge in [0.25, 0.3) is 0 Å². The third-order valence-electron chi connectivity index (χ3n) is 3.28. The highest BCUT2D eigenvalue weighted by molar-refractivity contribution is 9.10. The number of nitrogens with one attached hydrogen (secondary N) is 1. The van der Waals surface area contributed by atoms with Crippen LogP contribution in [0.25, 0.3) is 0 Å². The highest BCUT2D eigenvalue weighted by Gasteiger charge is 2.20. The molecular formula is C18H21BrFN. The second kappa shape index (κ2) is 6.61. The zero-order valence-electron chi connectivity index (χ0n) is 12.7. The SMILES string of the molecule is CC(C)(C)CC(Nc1ccc(F)cc1Br)c1ccccc1. The highest BCUT2D eigenvalue weighted by atomic mass is 79.9. The van der Waals surface area contributed by atoms with Gasteiger partial charge in [-0.1, -0.05) is 51.1 Å². The van der Waals surface area contributed by atoms with Gasteiger partial charge >= 0.3 is 0 Å². The maximum Gasteiger partial charge on any atom is 0.124 e. The molecule has 0 aliphatic heterocycles. The average molecular weight is 350 g/mol. The van der Waals surface area contributed by atoms with E-state index in [2.05, 4.69) is 54.2 Å². The summed E-state index contributed by atoms with van der Waals surface area (Å²) in [5.41, 5.74) is 2.35. The Balaban J connectivity index is 2.28. The third kappa shape index (κ3) is 4.85. The van der Waals surface area contributed by atoms with Crippen molar-refractivity contribution >= 4 is 21.6 Å². The van der Waals surface area contributed by atoms with Crippen LogP contribution in [0.4, 0.5) is 10.1 Å². The Bertz CT molecular complexity index is 590. The fourth-order valence-electron chi connectivity index (χ4n) is 2.34. The Hall–Kier alpha value is -1.35. The second-order valence-corrected chi connectivity index (χ2v) is 7.35. The summed E-state index contributed by atoms with van der Waals surface area (Å²) in [6.07, 6.45) is 0.987. The maximum atomic E-state index is 13.2. The molecular weight excluding hydrogens is 329 g/mol. The molecule has 2 rings (SSSR count). The zero-order chi connectivity index (χ0) is 15.5. The fourth-order valence-corrected chi connectivity index (χ4v) is 2.81. The predicted molar refractivity (Wildman–Crippen MR) is 91.0 cm³/mol. The van der Waals surface area contributed by atoms with Crippen molar-refractivity contribution in [2.75, 3.05) is 5.32 Å². The monoisotopic (exact) mass is 349 g/mol. The first-order valence-electron chi connectivity index (χ1n) is 7.12. The minimum atomic E-state index is -0.237. The summed E-state index contributed by atoms with van der Waals surface area (Å²) in [5.74, 6) is -0.237. The molecule has 1 N–H and O–H groups in total. The van der Waals surface area contributed by atoms with Crippen LogP contribution in [0.3, 0.4) is 0 Å². The molecule has 21 heavy (non-hydrogen) atoms. The molecule has 0 aliphatic carbocycles. The summed E-state index contributed by atoms with van der Waals surface area (Å²) in [6.45, 7) is 6.68. The molecule has 2 aromatic rings. The second-order valence-electron chi connectivity index (χ2n) is 6.50. The van der Waals surface area contributed by atoms with Gasteiger partial charge in [-0.25, -0.2) is 4.39 Å². The van der Waals surface area contributed by atoms with Crippen LogP contribution in [0.2, 0.25) is 0 Å². The van der Waals surface area contributed by atoms with Crippen LogP contribution in [-0.2, 0) is 0 Å². The molecule has 0 saturated heterocycles. The predicted octanol–water partition coefficient (Wildman–Crippen LogP) is 6.18. The summed E-state index contributed by atoms with van der Waals surface area (Å²) in [5, 5.41) is 3.53. The fraction of sp³-hybridized carbons (Fsp3) is 0.333. The van der Waals surface area contributed by atoms with Gasteiger partial charge in [-0.2, -0.15) is 0 Å². The van der Waals surface area contributed by atoms with Crippen molar-refractivity contribution in [2.45, 2.75) is 33.2 Å².